The Hall–Kier alpha value is -6.49. The summed E-state index contributed by atoms with van der Waals surface area (Å²) in [5, 5.41) is 7.80. The Labute approximate surface area is 384 Å². The molecule has 0 saturated heterocycles. The summed E-state index contributed by atoms with van der Waals surface area (Å²) in [5.41, 5.74) is -0.912. The van der Waals surface area contributed by atoms with Gasteiger partial charge in [-0.25, -0.2) is 0 Å². The minimum Gasteiger partial charge on any atom is -0.378 e. The third-order valence-electron chi connectivity index (χ3n) is 9.44. The molecule has 0 aliphatic heterocycles. The molecular weight excluding hydrogens is 1030 g/mol. The second kappa shape index (κ2) is 18.2. The smallest absolute Gasteiger partial charge is 0.295 e. The predicted octanol–water partition coefficient (Wildman–Crippen LogP) is 3.07. The van der Waals surface area contributed by atoms with E-state index < -0.39 is 141 Å². The van der Waals surface area contributed by atoms with Crippen molar-refractivity contribution in [2.45, 2.75) is 29.4 Å². The van der Waals surface area contributed by atoms with Crippen LogP contribution in [0.3, 0.4) is 0 Å². The topological polar surface area (TPSA) is 426 Å². The Morgan fingerprint density at radius 3 is 0.926 bits per heavy atom. The molecule has 0 fully saturated rings. The molecule has 0 unspecified atom stereocenters. The number of hydrogen-bond donors (Lipinski definition) is 10. The quantitative estimate of drug-likeness (QED) is 0.0623. The molecule has 0 aliphatic carbocycles. The van der Waals surface area contributed by atoms with Gasteiger partial charge in [-0.1, -0.05) is 0 Å². The van der Waals surface area contributed by atoms with Gasteiger partial charge in [-0.15, -0.1) is 0 Å². The van der Waals surface area contributed by atoms with Crippen LogP contribution < -0.4 is 21.3 Å². The number of fused-ring (bicyclic) bond motifs is 2. The molecule has 0 atom stereocenters. The number of ketones is 1. The van der Waals surface area contributed by atoms with Crippen LogP contribution in [0.1, 0.15) is 20.7 Å². The number of Topliss-reactive ketones (excluding diaryl/α,β-unsaturated/α-hetero) is 1. The molecular formula is C37H30N4O21S6. The van der Waals surface area contributed by atoms with Gasteiger partial charge in [0.25, 0.3) is 72.5 Å². The predicted molar refractivity (Wildman–Crippen MR) is 238 cm³/mol. The highest BCUT2D eigenvalue weighted by atomic mass is 32.2. The maximum absolute atomic E-state index is 13.3. The maximum Gasteiger partial charge on any atom is 0.295 e. The van der Waals surface area contributed by atoms with E-state index in [9.17, 15) is 92.2 Å². The fourth-order valence-electron chi connectivity index (χ4n) is 6.38. The average Bonchev–Trinajstić information content (AvgIpc) is 3.22. The van der Waals surface area contributed by atoms with Gasteiger partial charge in [0, 0.05) is 33.3 Å². The van der Waals surface area contributed by atoms with E-state index in [0.717, 1.165) is 0 Å². The van der Waals surface area contributed by atoms with Crippen molar-refractivity contribution in [3.05, 3.63) is 108 Å². The molecule has 6 aromatic rings. The largest absolute Gasteiger partial charge is 0.378 e. The van der Waals surface area contributed by atoms with Crippen molar-refractivity contribution in [1.29, 1.82) is 0 Å². The lowest BCUT2D eigenvalue weighted by atomic mass is 10.1. The van der Waals surface area contributed by atoms with Crippen LogP contribution >= 0.6 is 0 Å². The molecule has 0 spiro atoms. The average molecular weight is 1060 g/mol. The highest BCUT2D eigenvalue weighted by Crippen LogP contribution is 2.37. The first-order valence-corrected chi connectivity index (χ1v) is 26.7. The van der Waals surface area contributed by atoms with E-state index in [0.29, 0.717) is 59.9 Å². The first-order chi connectivity index (χ1) is 31.2. The van der Waals surface area contributed by atoms with Crippen LogP contribution in [0.4, 0.5) is 22.7 Å². The Balaban J connectivity index is 1.12. The number of carbonyl (C=O) groups is 3. The van der Waals surface area contributed by atoms with E-state index in [-0.39, 0.29) is 24.2 Å². The number of carbonyl (C=O) groups excluding carboxylic acids is 3. The van der Waals surface area contributed by atoms with Crippen molar-refractivity contribution in [2.75, 3.05) is 34.4 Å². The molecule has 10 N–H and O–H groups in total. The van der Waals surface area contributed by atoms with E-state index in [4.69, 9.17) is 0 Å². The molecule has 6 rings (SSSR count). The first-order valence-electron chi connectivity index (χ1n) is 18.1. The summed E-state index contributed by atoms with van der Waals surface area (Å²) in [4.78, 5) is 32.9. The highest BCUT2D eigenvalue weighted by Gasteiger charge is 2.28. The zero-order valence-corrected chi connectivity index (χ0v) is 38.3. The van der Waals surface area contributed by atoms with Gasteiger partial charge in [0.05, 0.1) is 44.0 Å². The summed E-state index contributed by atoms with van der Waals surface area (Å²) in [7, 11) is -31.0. The fourth-order valence-corrected chi connectivity index (χ4v) is 10.2. The van der Waals surface area contributed by atoms with E-state index in [1.54, 1.807) is 0 Å². The van der Waals surface area contributed by atoms with Crippen LogP contribution in [0.2, 0.25) is 0 Å². The molecule has 0 heterocycles. The number of nitrogens with one attached hydrogen (secondary N) is 4. The molecule has 0 aliphatic rings. The molecule has 0 bridgehead atoms. The molecule has 360 valence electrons. The van der Waals surface area contributed by atoms with Gasteiger partial charge in [-0.3, -0.25) is 41.7 Å². The van der Waals surface area contributed by atoms with Crippen LogP contribution in [0.25, 0.3) is 21.5 Å². The number of hydrogen-bond acceptors (Lipinski definition) is 17. The molecule has 0 saturated carbocycles. The first kappa shape index (κ1) is 50.9. The number of anilines is 4. The summed E-state index contributed by atoms with van der Waals surface area (Å²) in [6, 6.07) is 14.8. The summed E-state index contributed by atoms with van der Waals surface area (Å²) >= 11 is 0. The van der Waals surface area contributed by atoms with Crippen molar-refractivity contribution in [2.24, 2.45) is 0 Å². The number of rotatable bonds is 16. The van der Waals surface area contributed by atoms with Gasteiger partial charge in [-0.05, 0) is 108 Å². The SMILES string of the molecule is O=C(CNc1ccc(C(=O)Nc2cc(S(=O)(=O)O)cc3cc(S(=O)(=O)O)cc(S(=O)(=O)O)c23)cc1)CNc1ccc(C(=O)Nc2cc(S(=O)(=O)O)cc3cc(S(=O)(=O)O)cc(S(=O)(=O)O)c23)cc1. The lowest BCUT2D eigenvalue weighted by molar-refractivity contribution is -0.115. The van der Waals surface area contributed by atoms with E-state index in [2.05, 4.69) is 21.3 Å². The van der Waals surface area contributed by atoms with Gasteiger partial charge >= 0.3 is 0 Å². The van der Waals surface area contributed by atoms with Crippen LogP contribution in [-0.4, -0.2) is 109 Å². The molecule has 31 heteroatoms. The van der Waals surface area contributed by atoms with E-state index in [1.165, 1.54) is 48.5 Å². The highest BCUT2D eigenvalue weighted by molar-refractivity contribution is 7.87. The van der Waals surface area contributed by atoms with Gasteiger partial charge in [0.1, 0.15) is 9.79 Å². The normalized spacial score (nSPS) is 12.7. The monoisotopic (exact) mass is 1060 g/mol. The molecule has 25 nitrogen and oxygen atoms in total. The molecule has 68 heavy (non-hydrogen) atoms. The Bertz CT molecular complexity index is 3570. The van der Waals surface area contributed by atoms with Crippen molar-refractivity contribution in [1.82, 2.24) is 0 Å². The zero-order chi connectivity index (χ0) is 50.5. The Morgan fingerprint density at radius 2 is 0.662 bits per heavy atom. The van der Waals surface area contributed by atoms with E-state index in [1.807, 2.05) is 0 Å². The van der Waals surface area contributed by atoms with E-state index >= 15 is 0 Å². The zero-order valence-electron chi connectivity index (χ0n) is 33.4. The van der Waals surface area contributed by atoms with Crippen LogP contribution in [0, 0.1) is 0 Å². The second-order valence-corrected chi connectivity index (χ2v) is 22.6. The summed E-state index contributed by atoms with van der Waals surface area (Å²) in [5.74, 6) is -2.43. The van der Waals surface area contributed by atoms with Gasteiger partial charge in [-0.2, -0.15) is 50.5 Å². The maximum atomic E-state index is 13.3. The number of benzene rings is 6. The van der Waals surface area contributed by atoms with Gasteiger partial charge in [0.15, 0.2) is 5.78 Å². The van der Waals surface area contributed by atoms with Crippen molar-refractivity contribution >= 4 is 123 Å². The molecule has 0 radical (unpaired) electrons. The van der Waals surface area contributed by atoms with Gasteiger partial charge in [0.2, 0.25) is 0 Å². The van der Waals surface area contributed by atoms with Crippen LogP contribution in [-0.2, 0) is 65.5 Å². The Kier molecular flexibility index (Phi) is 13.6. The molecule has 2 amide bonds. The van der Waals surface area contributed by atoms with Crippen molar-refractivity contribution in [3.8, 4) is 0 Å². The minimum atomic E-state index is -5.31. The Morgan fingerprint density at radius 1 is 0.382 bits per heavy atom. The van der Waals surface area contributed by atoms with Crippen LogP contribution in [0.15, 0.2) is 126 Å². The third-order valence-corrected chi connectivity index (χ3v) is 14.5. The lowest BCUT2D eigenvalue weighted by Gasteiger charge is -2.15. The summed E-state index contributed by atoms with van der Waals surface area (Å²) in [6.07, 6.45) is 0. The third kappa shape index (κ3) is 11.8. The second-order valence-electron chi connectivity index (χ2n) is 14.1. The minimum absolute atomic E-state index is 0.133. The van der Waals surface area contributed by atoms with Gasteiger partial charge < -0.3 is 21.3 Å². The van der Waals surface area contributed by atoms with Crippen molar-refractivity contribution < 1.29 is 92.2 Å². The molecule has 0 aromatic heterocycles. The molecule has 6 aromatic carbocycles. The fraction of sp³-hybridized carbons (Fsp3) is 0.0541. The standard InChI is InChI=1S/C37H30N4O21S6/c42-25(17-38-23-5-1-19(2-6-23)36(43)40-30-13-26(63(45,46)47)9-21-11-28(65(51,52)53)15-32(34(21)30)67(57,58)59)18-39-24-7-3-20(4-8-24)37(44)41-31-14-27(64(48,49)50)10-22-12-29(66(54,55)56)16-33(35(22)31)68(60,61)62/h1-16,38-39H,17-18H2,(H,40,43)(H,41,44)(H,45,46,47)(H,48,49,50)(H,51,52,53)(H,54,55,56)(H,57,58,59)(H,60,61,62). The summed E-state index contributed by atoms with van der Waals surface area (Å²) < 4.78 is 203. The summed E-state index contributed by atoms with van der Waals surface area (Å²) in [6.45, 7) is -0.573. The van der Waals surface area contributed by atoms with Crippen molar-refractivity contribution in [3.63, 3.8) is 0 Å². The number of amides is 2. The lowest BCUT2D eigenvalue weighted by Crippen LogP contribution is -2.22. The van der Waals surface area contributed by atoms with Crippen LogP contribution in [0.5, 0.6) is 0 Å².